The van der Waals surface area contributed by atoms with Crippen LogP contribution in [0.3, 0.4) is 0 Å². The minimum absolute atomic E-state index is 0.123. The Hall–Kier alpha value is -1.82. The summed E-state index contributed by atoms with van der Waals surface area (Å²) in [6.45, 7) is 6.24. The van der Waals surface area contributed by atoms with Gasteiger partial charge in [0, 0.05) is 29.9 Å². The number of aromatic amines is 1. The van der Waals surface area contributed by atoms with Gasteiger partial charge in [-0.2, -0.15) is 0 Å². The molecule has 23 heavy (non-hydrogen) atoms. The van der Waals surface area contributed by atoms with Crippen LogP contribution in [0, 0.1) is 13.8 Å². The van der Waals surface area contributed by atoms with Crippen molar-refractivity contribution in [3.05, 3.63) is 33.2 Å². The SMILES string of the molecule is Cc1cc(C)c(CNC(=O)N[C@H]2CCN3CCCC[C@@H]23)c(=O)[nH]1. The van der Waals surface area contributed by atoms with Gasteiger partial charge in [-0.25, -0.2) is 4.79 Å². The maximum absolute atomic E-state index is 12.2. The van der Waals surface area contributed by atoms with E-state index in [0.29, 0.717) is 11.6 Å². The average molecular weight is 318 g/mol. The molecule has 2 fully saturated rings. The van der Waals surface area contributed by atoms with E-state index in [4.69, 9.17) is 0 Å². The fraction of sp³-hybridized carbons (Fsp3) is 0.647. The quantitative estimate of drug-likeness (QED) is 0.789. The summed E-state index contributed by atoms with van der Waals surface area (Å²) in [6.07, 6.45) is 4.70. The molecule has 6 heteroatoms. The molecule has 1 aromatic heterocycles. The maximum atomic E-state index is 12.2. The van der Waals surface area contributed by atoms with E-state index < -0.39 is 0 Å². The zero-order valence-electron chi connectivity index (χ0n) is 13.9. The van der Waals surface area contributed by atoms with E-state index in [2.05, 4.69) is 20.5 Å². The van der Waals surface area contributed by atoms with Gasteiger partial charge in [-0.15, -0.1) is 0 Å². The molecule has 2 amide bonds. The molecule has 126 valence electrons. The average Bonchev–Trinajstić information content (AvgIpc) is 2.89. The Balaban J connectivity index is 1.55. The number of rotatable bonds is 3. The number of carbonyl (C=O) groups excluding carboxylic acids is 1. The standard InChI is InChI=1S/C17H26N4O2/c1-11-9-12(2)19-16(22)13(11)10-18-17(23)20-14-6-8-21-7-4-3-5-15(14)21/h9,14-15H,3-8,10H2,1-2H3,(H,19,22)(H2,18,20,23)/t14-,15-/m0/s1. The highest BCUT2D eigenvalue weighted by atomic mass is 16.2. The van der Waals surface area contributed by atoms with Crippen molar-refractivity contribution in [3.63, 3.8) is 0 Å². The van der Waals surface area contributed by atoms with Gasteiger partial charge in [0.2, 0.25) is 0 Å². The summed E-state index contributed by atoms with van der Waals surface area (Å²) >= 11 is 0. The van der Waals surface area contributed by atoms with Crippen LogP contribution >= 0.6 is 0 Å². The molecule has 1 aromatic rings. The first-order valence-electron chi connectivity index (χ1n) is 8.52. The molecule has 6 nitrogen and oxygen atoms in total. The van der Waals surface area contributed by atoms with Crippen LogP contribution in [0.2, 0.25) is 0 Å². The number of amides is 2. The number of urea groups is 1. The molecule has 0 bridgehead atoms. The number of nitrogens with one attached hydrogen (secondary N) is 3. The summed E-state index contributed by atoms with van der Waals surface area (Å²) < 4.78 is 0. The third kappa shape index (κ3) is 3.58. The van der Waals surface area contributed by atoms with Crippen molar-refractivity contribution in [2.45, 2.75) is 58.2 Å². The lowest BCUT2D eigenvalue weighted by atomic mass is 9.99. The van der Waals surface area contributed by atoms with Gasteiger partial charge in [-0.3, -0.25) is 9.69 Å². The van der Waals surface area contributed by atoms with Crippen molar-refractivity contribution in [3.8, 4) is 0 Å². The Morgan fingerprint density at radius 1 is 1.30 bits per heavy atom. The van der Waals surface area contributed by atoms with Gasteiger partial charge in [-0.1, -0.05) is 6.42 Å². The molecule has 2 aliphatic heterocycles. The fourth-order valence-corrected chi connectivity index (χ4v) is 3.91. The molecular weight excluding hydrogens is 292 g/mol. The van der Waals surface area contributed by atoms with E-state index in [1.165, 1.54) is 19.3 Å². The first-order valence-corrected chi connectivity index (χ1v) is 8.52. The van der Waals surface area contributed by atoms with Crippen LogP contribution in [-0.2, 0) is 6.54 Å². The van der Waals surface area contributed by atoms with Crippen LogP contribution in [0.25, 0.3) is 0 Å². The van der Waals surface area contributed by atoms with Crippen molar-refractivity contribution in [2.24, 2.45) is 0 Å². The fourth-order valence-electron chi connectivity index (χ4n) is 3.91. The van der Waals surface area contributed by atoms with Crippen molar-refractivity contribution >= 4 is 6.03 Å². The highest BCUT2D eigenvalue weighted by Crippen LogP contribution is 2.26. The van der Waals surface area contributed by atoms with Crippen LogP contribution in [0.15, 0.2) is 10.9 Å². The molecule has 0 aliphatic carbocycles. The van der Waals surface area contributed by atoms with E-state index in [9.17, 15) is 9.59 Å². The van der Waals surface area contributed by atoms with Gasteiger partial charge in [0.05, 0.1) is 6.54 Å². The molecule has 0 radical (unpaired) electrons. The number of carbonyl (C=O) groups is 1. The number of H-pyrrole nitrogens is 1. The van der Waals surface area contributed by atoms with Crippen LogP contribution in [0.5, 0.6) is 0 Å². The zero-order chi connectivity index (χ0) is 16.4. The number of fused-ring (bicyclic) bond motifs is 1. The Kier molecular flexibility index (Phi) is 4.71. The molecule has 0 aromatic carbocycles. The van der Waals surface area contributed by atoms with Crippen molar-refractivity contribution in [1.82, 2.24) is 20.5 Å². The third-order valence-electron chi connectivity index (χ3n) is 5.09. The van der Waals surface area contributed by atoms with Gasteiger partial charge < -0.3 is 15.6 Å². The predicted octanol–water partition coefficient (Wildman–Crippen LogP) is 1.42. The summed E-state index contributed by atoms with van der Waals surface area (Å²) in [4.78, 5) is 29.4. The Morgan fingerprint density at radius 3 is 2.91 bits per heavy atom. The number of piperidine rings is 1. The number of hydrogen-bond acceptors (Lipinski definition) is 3. The zero-order valence-corrected chi connectivity index (χ0v) is 13.9. The molecule has 0 unspecified atom stereocenters. The molecule has 3 rings (SSSR count). The third-order valence-corrected chi connectivity index (χ3v) is 5.09. The summed E-state index contributed by atoms with van der Waals surface area (Å²) in [5.74, 6) is 0. The smallest absolute Gasteiger partial charge is 0.315 e. The molecular formula is C17H26N4O2. The minimum Gasteiger partial charge on any atom is -0.334 e. The molecule has 2 aliphatic rings. The van der Waals surface area contributed by atoms with Crippen molar-refractivity contribution < 1.29 is 4.79 Å². The van der Waals surface area contributed by atoms with Gasteiger partial charge in [-0.05, 0) is 51.3 Å². The summed E-state index contributed by atoms with van der Waals surface area (Å²) in [5, 5.41) is 5.93. The van der Waals surface area contributed by atoms with Crippen molar-refractivity contribution in [2.75, 3.05) is 13.1 Å². The normalized spacial score (nSPS) is 24.3. The summed E-state index contributed by atoms with van der Waals surface area (Å²) in [5.41, 5.74) is 2.24. The Morgan fingerprint density at radius 2 is 2.13 bits per heavy atom. The van der Waals surface area contributed by atoms with Gasteiger partial charge in [0.15, 0.2) is 0 Å². The van der Waals surface area contributed by atoms with E-state index in [1.807, 2.05) is 19.9 Å². The Bertz CT molecular complexity index is 640. The number of hydrogen-bond donors (Lipinski definition) is 3. The predicted molar refractivity (Wildman–Crippen MR) is 89.5 cm³/mol. The maximum Gasteiger partial charge on any atom is 0.315 e. The lowest BCUT2D eigenvalue weighted by Gasteiger charge is -2.32. The molecule has 0 saturated carbocycles. The Labute approximate surface area is 136 Å². The van der Waals surface area contributed by atoms with E-state index in [-0.39, 0.29) is 24.2 Å². The molecule has 3 N–H and O–H groups in total. The van der Waals surface area contributed by atoms with Crippen LogP contribution < -0.4 is 16.2 Å². The minimum atomic E-state index is -0.179. The van der Waals surface area contributed by atoms with Gasteiger partial charge in [0.25, 0.3) is 5.56 Å². The first-order chi connectivity index (χ1) is 11.0. The van der Waals surface area contributed by atoms with Gasteiger partial charge in [0.1, 0.15) is 0 Å². The van der Waals surface area contributed by atoms with E-state index in [1.54, 1.807) is 0 Å². The molecule has 2 atom stereocenters. The molecule has 0 spiro atoms. The second kappa shape index (κ2) is 6.74. The van der Waals surface area contributed by atoms with Crippen LogP contribution in [0.1, 0.15) is 42.5 Å². The van der Waals surface area contributed by atoms with Gasteiger partial charge >= 0.3 is 6.03 Å². The van der Waals surface area contributed by atoms with E-state index in [0.717, 1.165) is 30.8 Å². The lowest BCUT2D eigenvalue weighted by Crippen LogP contribution is -2.49. The summed E-state index contributed by atoms with van der Waals surface area (Å²) in [6, 6.07) is 2.46. The first kappa shape index (κ1) is 16.1. The number of aromatic nitrogens is 1. The largest absolute Gasteiger partial charge is 0.334 e. The second-order valence-corrected chi connectivity index (χ2v) is 6.76. The second-order valence-electron chi connectivity index (χ2n) is 6.76. The van der Waals surface area contributed by atoms with Crippen molar-refractivity contribution in [1.29, 1.82) is 0 Å². The number of nitrogens with zero attached hydrogens (tertiary/aromatic N) is 1. The van der Waals surface area contributed by atoms with E-state index >= 15 is 0 Å². The molecule has 3 heterocycles. The topological polar surface area (TPSA) is 77.2 Å². The lowest BCUT2D eigenvalue weighted by molar-refractivity contribution is 0.179. The summed E-state index contributed by atoms with van der Waals surface area (Å²) in [7, 11) is 0. The highest BCUT2D eigenvalue weighted by Gasteiger charge is 2.36. The number of pyridine rings is 1. The van der Waals surface area contributed by atoms with Crippen LogP contribution in [-0.4, -0.2) is 41.1 Å². The molecule has 2 saturated heterocycles. The van der Waals surface area contributed by atoms with Crippen LogP contribution in [0.4, 0.5) is 4.79 Å². The number of aryl methyl sites for hydroxylation is 2. The highest BCUT2D eigenvalue weighted by molar-refractivity contribution is 5.74. The monoisotopic (exact) mass is 318 g/mol.